The summed E-state index contributed by atoms with van der Waals surface area (Å²) < 4.78 is 5.32. The summed E-state index contributed by atoms with van der Waals surface area (Å²) in [6.45, 7) is 4.37. The monoisotopic (exact) mass is 497 g/mol. The molecule has 0 unspecified atom stereocenters. The number of rotatable bonds is 8. The molecule has 0 radical (unpaired) electrons. The molecule has 0 aliphatic carbocycles. The molecule has 35 heavy (non-hydrogen) atoms. The van der Waals surface area contributed by atoms with E-state index in [-0.39, 0.29) is 0 Å². The lowest BCUT2D eigenvalue weighted by Crippen LogP contribution is -1.93. The summed E-state index contributed by atoms with van der Waals surface area (Å²) in [6.07, 6.45) is 1.95. The second kappa shape index (κ2) is 10.6. The Kier molecular flexibility index (Phi) is 7.11. The predicted molar refractivity (Wildman–Crippen MR) is 146 cm³/mol. The number of H-pyrrole nitrogens is 1. The maximum atomic E-state index is 5.32. The van der Waals surface area contributed by atoms with Crippen molar-refractivity contribution in [3.05, 3.63) is 90.0 Å². The van der Waals surface area contributed by atoms with Gasteiger partial charge in [0.2, 0.25) is 0 Å². The zero-order chi connectivity index (χ0) is 24.2. The predicted octanol–water partition coefficient (Wildman–Crippen LogP) is 8.06. The summed E-state index contributed by atoms with van der Waals surface area (Å²) in [5, 5.41) is 2.74. The van der Waals surface area contributed by atoms with Crippen LogP contribution in [0.5, 0.6) is 5.75 Å². The van der Waals surface area contributed by atoms with E-state index in [2.05, 4.69) is 85.6 Å². The van der Waals surface area contributed by atoms with Crippen molar-refractivity contribution in [1.82, 2.24) is 15.0 Å². The molecule has 6 heteroatoms. The Labute approximate surface area is 214 Å². The normalized spacial score (nSPS) is 11.2. The SMILES string of the molecule is CCc1ccccc1Sc1nc(Sc2ccccc2CC)c2cc(-c3ccc(OC)cc3)[nH]c2n1. The number of methoxy groups -OCH3 is 1. The highest BCUT2D eigenvalue weighted by molar-refractivity contribution is 8.00. The quantitative estimate of drug-likeness (QED) is 0.174. The van der Waals surface area contributed by atoms with Crippen LogP contribution in [-0.4, -0.2) is 22.1 Å². The molecule has 5 rings (SSSR count). The molecule has 0 spiro atoms. The van der Waals surface area contributed by atoms with E-state index >= 15 is 0 Å². The van der Waals surface area contributed by atoms with Crippen LogP contribution < -0.4 is 4.74 Å². The van der Waals surface area contributed by atoms with E-state index in [9.17, 15) is 0 Å². The Morgan fingerprint density at radius 3 is 2.03 bits per heavy atom. The number of fused-ring (bicyclic) bond motifs is 1. The van der Waals surface area contributed by atoms with Crippen molar-refractivity contribution in [2.45, 2.75) is 46.7 Å². The van der Waals surface area contributed by atoms with E-state index in [0.717, 1.165) is 51.1 Å². The molecule has 2 heterocycles. The van der Waals surface area contributed by atoms with Gasteiger partial charge in [-0.3, -0.25) is 0 Å². The Morgan fingerprint density at radius 2 is 1.40 bits per heavy atom. The summed E-state index contributed by atoms with van der Waals surface area (Å²) in [7, 11) is 1.68. The van der Waals surface area contributed by atoms with Gasteiger partial charge in [0, 0.05) is 15.5 Å². The van der Waals surface area contributed by atoms with Crippen molar-refractivity contribution in [3.63, 3.8) is 0 Å². The van der Waals surface area contributed by atoms with Crippen LogP contribution in [0.25, 0.3) is 22.3 Å². The fourth-order valence-corrected chi connectivity index (χ4v) is 6.12. The number of nitrogens with zero attached hydrogens (tertiary/aromatic N) is 2. The zero-order valence-corrected chi connectivity index (χ0v) is 21.7. The second-order valence-corrected chi connectivity index (χ2v) is 10.2. The van der Waals surface area contributed by atoms with E-state index in [4.69, 9.17) is 14.7 Å². The first kappa shape index (κ1) is 23.5. The Morgan fingerprint density at radius 1 is 0.771 bits per heavy atom. The number of aromatic amines is 1. The molecule has 3 aromatic carbocycles. The highest BCUT2D eigenvalue weighted by atomic mass is 32.2. The van der Waals surface area contributed by atoms with E-state index in [1.54, 1.807) is 30.6 Å². The maximum absolute atomic E-state index is 5.32. The van der Waals surface area contributed by atoms with E-state index in [0.29, 0.717) is 0 Å². The minimum absolute atomic E-state index is 0.748. The third-order valence-corrected chi connectivity index (χ3v) is 8.05. The molecule has 0 amide bonds. The lowest BCUT2D eigenvalue weighted by atomic mass is 10.1. The third kappa shape index (κ3) is 5.09. The van der Waals surface area contributed by atoms with Gasteiger partial charge < -0.3 is 9.72 Å². The van der Waals surface area contributed by atoms with Crippen LogP contribution in [0.4, 0.5) is 0 Å². The van der Waals surface area contributed by atoms with Gasteiger partial charge in [-0.1, -0.05) is 62.0 Å². The standard InChI is InChI=1S/C29H27N3OS2/c1-4-19-10-6-8-12-25(19)34-28-23-18-24(21-14-16-22(33-3)17-15-21)30-27(23)31-29(32-28)35-26-13-9-7-11-20(26)5-2/h6-18H,4-5H2,1-3H3,(H,30,31,32). The van der Waals surface area contributed by atoms with Gasteiger partial charge in [0.05, 0.1) is 12.5 Å². The highest BCUT2D eigenvalue weighted by Gasteiger charge is 2.16. The summed E-state index contributed by atoms with van der Waals surface area (Å²) in [5.74, 6) is 0.838. The molecule has 1 N–H and O–H groups in total. The van der Waals surface area contributed by atoms with Gasteiger partial charge in [0.25, 0.3) is 0 Å². The lowest BCUT2D eigenvalue weighted by Gasteiger charge is -2.10. The summed E-state index contributed by atoms with van der Waals surface area (Å²) in [6, 6.07) is 27.2. The number of nitrogens with one attached hydrogen (secondary N) is 1. The van der Waals surface area contributed by atoms with E-state index < -0.39 is 0 Å². The molecule has 0 aliphatic heterocycles. The highest BCUT2D eigenvalue weighted by Crippen LogP contribution is 2.38. The smallest absolute Gasteiger partial charge is 0.195 e. The van der Waals surface area contributed by atoms with Crippen LogP contribution in [0.3, 0.4) is 0 Å². The van der Waals surface area contributed by atoms with Gasteiger partial charge in [-0.25, -0.2) is 9.97 Å². The van der Waals surface area contributed by atoms with Crippen molar-refractivity contribution in [2.75, 3.05) is 7.11 Å². The lowest BCUT2D eigenvalue weighted by molar-refractivity contribution is 0.415. The number of aryl methyl sites for hydroxylation is 2. The first-order valence-electron chi connectivity index (χ1n) is 11.7. The topological polar surface area (TPSA) is 50.8 Å². The number of hydrogen-bond donors (Lipinski definition) is 1. The average molecular weight is 498 g/mol. The van der Waals surface area contributed by atoms with E-state index in [1.165, 1.54) is 20.9 Å². The fraction of sp³-hybridized carbons (Fsp3) is 0.172. The Balaban J connectivity index is 1.61. The van der Waals surface area contributed by atoms with Crippen LogP contribution in [0.15, 0.2) is 98.8 Å². The Hall–Kier alpha value is -3.22. The van der Waals surface area contributed by atoms with Crippen molar-refractivity contribution in [1.29, 1.82) is 0 Å². The molecule has 2 aromatic heterocycles. The molecule has 0 fully saturated rings. The second-order valence-electron chi connectivity index (χ2n) is 8.11. The number of benzene rings is 3. The van der Waals surface area contributed by atoms with Crippen molar-refractivity contribution in [2.24, 2.45) is 0 Å². The van der Waals surface area contributed by atoms with Gasteiger partial charge >= 0.3 is 0 Å². The van der Waals surface area contributed by atoms with Gasteiger partial charge in [-0.05, 0) is 83.8 Å². The molecule has 0 saturated heterocycles. The molecule has 4 nitrogen and oxygen atoms in total. The summed E-state index contributed by atoms with van der Waals surface area (Å²) in [5.41, 5.74) is 5.56. The van der Waals surface area contributed by atoms with E-state index in [1.807, 2.05) is 12.1 Å². The molecule has 0 saturated carbocycles. The van der Waals surface area contributed by atoms with Crippen LogP contribution in [-0.2, 0) is 12.8 Å². The minimum atomic E-state index is 0.748. The summed E-state index contributed by atoms with van der Waals surface area (Å²) >= 11 is 3.34. The molecule has 5 aromatic rings. The van der Waals surface area contributed by atoms with Gasteiger partial charge in [-0.15, -0.1) is 0 Å². The molecule has 0 bridgehead atoms. The zero-order valence-electron chi connectivity index (χ0n) is 20.0. The first-order chi connectivity index (χ1) is 17.2. The molecule has 176 valence electrons. The average Bonchev–Trinajstić information content (AvgIpc) is 3.34. The summed E-state index contributed by atoms with van der Waals surface area (Å²) in [4.78, 5) is 15.9. The van der Waals surface area contributed by atoms with Crippen molar-refractivity contribution >= 4 is 34.6 Å². The number of ether oxygens (including phenoxy) is 1. The fourth-order valence-electron chi connectivity index (χ4n) is 4.01. The maximum Gasteiger partial charge on any atom is 0.195 e. The van der Waals surface area contributed by atoms with Crippen LogP contribution >= 0.6 is 23.5 Å². The molecule has 0 atom stereocenters. The minimum Gasteiger partial charge on any atom is -0.497 e. The first-order valence-corrected chi connectivity index (χ1v) is 13.4. The molecule has 0 aliphatic rings. The number of aromatic nitrogens is 3. The third-order valence-electron chi connectivity index (χ3n) is 5.95. The van der Waals surface area contributed by atoms with Crippen LogP contribution in [0, 0.1) is 0 Å². The largest absolute Gasteiger partial charge is 0.497 e. The van der Waals surface area contributed by atoms with Crippen LogP contribution in [0.2, 0.25) is 0 Å². The van der Waals surface area contributed by atoms with Gasteiger partial charge in [0.1, 0.15) is 16.4 Å². The van der Waals surface area contributed by atoms with Crippen molar-refractivity contribution < 1.29 is 4.74 Å². The van der Waals surface area contributed by atoms with Gasteiger partial charge in [-0.2, -0.15) is 0 Å². The van der Waals surface area contributed by atoms with Gasteiger partial charge in [0.15, 0.2) is 5.16 Å². The molecular formula is C29H27N3OS2. The number of hydrogen-bond acceptors (Lipinski definition) is 5. The Bertz CT molecular complexity index is 1460. The van der Waals surface area contributed by atoms with Crippen LogP contribution in [0.1, 0.15) is 25.0 Å². The van der Waals surface area contributed by atoms with Crippen molar-refractivity contribution in [3.8, 4) is 17.0 Å². The molecular weight excluding hydrogens is 470 g/mol.